The van der Waals surface area contributed by atoms with Gasteiger partial charge in [-0.1, -0.05) is 30.1 Å². The maximum Gasteiger partial charge on any atom is 0.227 e. The quantitative estimate of drug-likeness (QED) is 0.921. The van der Waals surface area contributed by atoms with Gasteiger partial charge in [-0.05, 0) is 31.0 Å². The first-order chi connectivity index (χ1) is 10.0. The van der Waals surface area contributed by atoms with Gasteiger partial charge in [0.2, 0.25) is 11.8 Å². The van der Waals surface area contributed by atoms with E-state index in [1.54, 1.807) is 18.2 Å². The highest BCUT2D eigenvalue weighted by molar-refractivity contribution is 6.36. The molecule has 1 heterocycles. The van der Waals surface area contributed by atoms with Gasteiger partial charge in [0.05, 0.1) is 10.7 Å². The number of halogens is 2. The molecule has 4 nitrogen and oxygen atoms in total. The van der Waals surface area contributed by atoms with Crippen LogP contribution in [-0.4, -0.2) is 29.8 Å². The molecular formula is C15H18Cl2N2O2. The van der Waals surface area contributed by atoms with E-state index in [1.807, 2.05) is 11.8 Å². The lowest BCUT2D eigenvalue weighted by Crippen LogP contribution is -2.41. The zero-order chi connectivity index (χ0) is 15.4. The summed E-state index contributed by atoms with van der Waals surface area (Å²) >= 11 is 11.9. The second-order valence-corrected chi connectivity index (χ2v) is 5.97. The van der Waals surface area contributed by atoms with E-state index in [-0.39, 0.29) is 17.7 Å². The summed E-state index contributed by atoms with van der Waals surface area (Å²) in [5.41, 5.74) is 0.568. The summed E-state index contributed by atoms with van der Waals surface area (Å²) in [7, 11) is 0. The van der Waals surface area contributed by atoms with Crippen LogP contribution >= 0.6 is 23.2 Å². The minimum absolute atomic E-state index is 0.0529. The van der Waals surface area contributed by atoms with Gasteiger partial charge in [0.1, 0.15) is 0 Å². The van der Waals surface area contributed by atoms with Gasteiger partial charge in [-0.3, -0.25) is 9.59 Å². The molecule has 1 saturated heterocycles. The smallest absolute Gasteiger partial charge is 0.227 e. The van der Waals surface area contributed by atoms with E-state index in [1.165, 1.54) is 0 Å². The molecule has 0 bridgehead atoms. The third-order valence-electron chi connectivity index (χ3n) is 3.71. The van der Waals surface area contributed by atoms with E-state index >= 15 is 0 Å². The summed E-state index contributed by atoms with van der Waals surface area (Å²) in [5, 5.41) is 3.79. The first-order valence-electron chi connectivity index (χ1n) is 7.05. The van der Waals surface area contributed by atoms with Crippen LogP contribution < -0.4 is 5.32 Å². The molecule has 0 atom stereocenters. The van der Waals surface area contributed by atoms with Crippen molar-refractivity contribution in [3.8, 4) is 0 Å². The highest BCUT2D eigenvalue weighted by Crippen LogP contribution is 2.27. The van der Waals surface area contributed by atoms with Crippen molar-refractivity contribution in [1.29, 1.82) is 0 Å². The minimum Gasteiger partial charge on any atom is -0.343 e. The van der Waals surface area contributed by atoms with Gasteiger partial charge >= 0.3 is 0 Å². The van der Waals surface area contributed by atoms with Crippen molar-refractivity contribution >= 4 is 40.7 Å². The first kappa shape index (κ1) is 16.1. The Bertz CT molecular complexity index is 540. The highest BCUT2D eigenvalue weighted by atomic mass is 35.5. The minimum atomic E-state index is -0.0855. The molecule has 0 saturated carbocycles. The van der Waals surface area contributed by atoms with E-state index in [4.69, 9.17) is 23.2 Å². The highest BCUT2D eigenvalue weighted by Gasteiger charge is 2.26. The normalized spacial score (nSPS) is 15.9. The molecule has 1 aromatic rings. The van der Waals surface area contributed by atoms with E-state index in [2.05, 4.69) is 5.32 Å². The fraction of sp³-hybridized carbons (Fsp3) is 0.467. The molecule has 2 rings (SSSR count). The fourth-order valence-electron chi connectivity index (χ4n) is 2.44. The lowest BCUT2D eigenvalue weighted by Gasteiger charge is -2.31. The van der Waals surface area contributed by atoms with Gasteiger partial charge in [0.25, 0.3) is 0 Å². The van der Waals surface area contributed by atoms with Crippen molar-refractivity contribution in [2.24, 2.45) is 5.92 Å². The van der Waals surface area contributed by atoms with Crippen LogP contribution in [-0.2, 0) is 9.59 Å². The average Bonchev–Trinajstić information content (AvgIpc) is 2.49. The lowest BCUT2D eigenvalue weighted by atomic mass is 9.95. The number of piperidine rings is 1. The van der Waals surface area contributed by atoms with Gasteiger partial charge in [0, 0.05) is 30.5 Å². The molecule has 21 heavy (non-hydrogen) atoms. The van der Waals surface area contributed by atoms with Crippen LogP contribution in [0, 0.1) is 5.92 Å². The number of nitrogens with one attached hydrogen (secondary N) is 1. The summed E-state index contributed by atoms with van der Waals surface area (Å²) in [6, 6.07) is 4.98. The molecule has 0 spiro atoms. The Morgan fingerprint density at radius 3 is 2.52 bits per heavy atom. The zero-order valence-electron chi connectivity index (χ0n) is 11.9. The van der Waals surface area contributed by atoms with Crippen LogP contribution in [0.1, 0.15) is 26.2 Å². The third-order valence-corrected chi connectivity index (χ3v) is 4.26. The Morgan fingerprint density at radius 1 is 1.29 bits per heavy atom. The molecule has 6 heteroatoms. The first-order valence-corrected chi connectivity index (χ1v) is 7.80. The molecule has 1 N–H and O–H groups in total. The molecule has 0 radical (unpaired) electrons. The number of nitrogens with zero attached hydrogens (tertiary/aromatic N) is 1. The zero-order valence-corrected chi connectivity index (χ0v) is 13.4. The van der Waals surface area contributed by atoms with Crippen LogP contribution in [0.15, 0.2) is 18.2 Å². The number of hydrogen-bond acceptors (Lipinski definition) is 2. The second-order valence-electron chi connectivity index (χ2n) is 5.12. The number of carbonyl (C=O) groups excluding carboxylic acids is 2. The Labute approximate surface area is 134 Å². The number of rotatable bonds is 3. The molecule has 1 aliphatic rings. The van der Waals surface area contributed by atoms with Crippen molar-refractivity contribution < 1.29 is 9.59 Å². The van der Waals surface area contributed by atoms with Gasteiger partial charge in [-0.25, -0.2) is 0 Å². The summed E-state index contributed by atoms with van der Waals surface area (Å²) in [4.78, 5) is 25.7. The number of hydrogen-bond donors (Lipinski definition) is 1. The molecule has 2 amide bonds. The monoisotopic (exact) mass is 328 g/mol. The summed E-state index contributed by atoms with van der Waals surface area (Å²) in [6.07, 6.45) is 1.88. The van der Waals surface area contributed by atoms with Crippen LogP contribution in [0.25, 0.3) is 0 Å². The van der Waals surface area contributed by atoms with Crippen molar-refractivity contribution in [3.05, 3.63) is 28.2 Å². The Hall–Kier alpha value is -1.26. The number of benzene rings is 1. The molecule has 0 aliphatic carbocycles. The van der Waals surface area contributed by atoms with Gasteiger partial charge in [-0.2, -0.15) is 0 Å². The Balaban J connectivity index is 1.92. The van der Waals surface area contributed by atoms with Gasteiger partial charge in [-0.15, -0.1) is 0 Å². The number of carbonyl (C=O) groups is 2. The van der Waals surface area contributed by atoms with Crippen LogP contribution in [0.4, 0.5) is 5.69 Å². The van der Waals surface area contributed by atoms with Crippen LogP contribution in [0.2, 0.25) is 10.0 Å². The molecule has 1 aliphatic heterocycles. The van der Waals surface area contributed by atoms with Gasteiger partial charge in [0.15, 0.2) is 0 Å². The standard InChI is InChI=1S/C15H18Cl2N2O2/c1-2-14(20)19-7-5-10(6-8-19)15(21)18-13-4-3-11(16)9-12(13)17/h3-4,9-10H,2,5-8H2,1H3,(H,18,21). The van der Waals surface area contributed by atoms with E-state index in [0.29, 0.717) is 48.1 Å². The second kappa shape index (κ2) is 7.14. The number of amides is 2. The molecule has 0 unspecified atom stereocenters. The average molecular weight is 329 g/mol. The van der Waals surface area contributed by atoms with Crippen molar-refractivity contribution in [3.63, 3.8) is 0 Å². The number of anilines is 1. The van der Waals surface area contributed by atoms with Crippen molar-refractivity contribution in [1.82, 2.24) is 4.90 Å². The molecule has 114 valence electrons. The lowest BCUT2D eigenvalue weighted by molar-refractivity contribution is -0.134. The summed E-state index contributed by atoms with van der Waals surface area (Å²) < 4.78 is 0. The predicted molar refractivity (Wildman–Crippen MR) is 84.7 cm³/mol. The van der Waals surface area contributed by atoms with Crippen LogP contribution in [0.3, 0.4) is 0 Å². The van der Waals surface area contributed by atoms with Crippen molar-refractivity contribution in [2.75, 3.05) is 18.4 Å². The van der Waals surface area contributed by atoms with Gasteiger partial charge < -0.3 is 10.2 Å². The van der Waals surface area contributed by atoms with Crippen molar-refractivity contribution in [2.45, 2.75) is 26.2 Å². The third kappa shape index (κ3) is 4.11. The summed E-state index contributed by atoms with van der Waals surface area (Å²) in [5.74, 6) is 0.00933. The van der Waals surface area contributed by atoms with E-state index in [9.17, 15) is 9.59 Å². The largest absolute Gasteiger partial charge is 0.343 e. The fourth-order valence-corrected chi connectivity index (χ4v) is 2.90. The topological polar surface area (TPSA) is 49.4 Å². The Morgan fingerprint density at radius 2 is 1.95 bits per heavy atom. The van der Waals surface area contributed by atoms with E-state index in [0.717, 1.165) is 0 Å². The maximum atomic E-state index is 12.2. The predicted octanol–water partition coefficient (Wildman–Crippen LogP) is 3.58. The van der Waals surface area contributed by atoms with E-state index < -0.39 is 0 Å². The molecule has 1 aromatic carbocycles. The molecule has 1 fully saturated rings. The SMILES string of the molecule is CCC(=O)N1CCC(C(=O)Nc2ccc(Cl)cc2Cl)CC1. The van der Waals surface area contributed by atoms with Crippen LogP contribution in [0.5, 0.6) is 0 Å². The Kier molecular flexibility index (Phi) is 5.48. The molecular weight excluding hydrogens is 311 g/mol. The molecule has 0 aromatic heterocycles. The number of likely N-dealkylation sites (tertiary alicyclic amines) is 1. The maximum absolute atomic E-state index is 12.2. The summed E-state index contributed by atoms with van der Waals surface area (Å²) in [6.45, 7) is 3.13.